The molecule has 0 aromatic heterocycles. The molecule has 2 aromatic carbocycles. The van der Waals surface area contributed by atoms with E-state index in [1.807, 2.05) is 13.0 Å². The van der Waals surface area contributed by atoms with Crippen molar-refractivity contribution in [2.24, 2.45) is 11.3 Å². The molecule has 0 N–H and O–H groups in total. The molecule has 2 heteroatoms. The van der Waals surface area contributed by atoms with Gasteiger partial charge in [-0.05, 0) is 78.3 Å². The fourth-order valence-corrected chi connectivity index (χ4v) is 4.61. The van der Waals surface area contributed by atoms with Crippen LogP contribution in [-0.2, 0) is 6.42 Å². The van der Waals surface area contributed by atoms with E-state index in [2.05, 4.69) is 45.9 Å². The lowest BCUT2D eigenvalue weighted by molar-refractivity contribution is 0.332. The molecule has 1 fully saturated rings. The Labute approximate surface area is 164 Å². The van der Waals surface area contributed by atoms with Gasteiger partial charge >= 0.3 is 0 Å². The summed E-state index contributed by atoms with van der Waals surface area (Å²) in [6, 6.07) is 11.8. The van der Waals surface area contributed by atoms with Crippen LogP contribution in [-0.4, -0.2) is 6.61 Å². The van der Waals surface area contributed by atoms with Crippen molar-refractivity contribution in [3.8, 4) is 16.9 Å². The maximum absolute atomic E-state index is 14.8. The standard InChI is InChI=1S/C25H33FO/c1-6-27-19-10-12-24(26)22(16-19)20-11-9-18(14-17(2)3)15-21(20)23-8-7-13-25(23,4)5/h9-12,15-17,23H,6-8,13-14H2,1-5H3/t23-/m1/s1. The van der Waals surface area contributed by atoms with Gasteiger partial charge in [-0.1, -0.05) is 52.3 Å². The average molecular weight is 369 g/mol. The van der Waals surface area contributed by atoms with E-state index >= 15 is 0 Å². The van der Waals surface area contributed by atoms with Gasteiger partial charge in [0.2, 0.25) is 0 Å². The first-order valence-electron chi connectivity index (χ1n) is 10.4. The maximum Gasteiger partial charge on any atom is 0.131 e. The van der Waals surface area contributed by atoms with Gasteiger partial charge in [-0.15, -0.1) is 0 Å². The van der Waals surface area contributed by atoms with E-state index in [1.54, 1.807) is 6.07 Å². The van der Waals surface area contributed by atoms with Gasteiger partial charge < -0.3 is 4.74 Å². The molecule has 0 aliphatic heterocycles. The van der Waals surface area contributed by atoms with Crippen LogP contribution in [0.25, 0.3) is 11.1 Å². The molecule has 27 heavy (non-hydrogen) atoms. The zero-order valence-electron chi connectivity index (χ0n) is 17.4. The fraction of sp³-hybridized carbons (Fsp3) is 0.520. The number of halogens is 1. The molecular formula is C25H33FO. The van der Waals surface area contributed by atoms with Crippen molar-refractivity contribution in [1.29, 1.82) is 0 Å². The number of rotatable bonds is 6. The zero-order chi connectivity index (χ0) is 19.6. The molecule has 0 unspecified atom stereocenters. The van der Waals surface area contributed by atoms with Crippen LogP contribution in [0.3, 0.4) is 0 Å². The van der Waals surface area contributed by atoms with Crippen LogP contribution in [0.4, 0.5) is 4.39 Å². The van der Waals surface area contributed by atoms with Gasteiger partial charge in [0.15, 0.2) is 0 Å². The molecule has 2 aromatic rings. The molecule has 146 valence electrons. The molecule has 0 radical (unpaired) electrons. The fourth-order valence-electron chi connectivity index (χ4n) is 4.61. The van der Waals surface area contributed by atoms with E-state index in [0.717, 1.165) is 17.7 Å². The van der Waals surface area contributed by atoms with Crippen LogP contribution in [0.1, 0.15) is 70.9 Å². The van der Waals surface area contributed by atoms with E-state index in [9.17, 15) is 4.39 Å². The van der Waals surface area contributed by atoms with Crippen LogP contribution in [0.5, 0.6) is 5.75 Å². The Bertz CT molecular complexity index is 791. The van der Waals surface area contributed by atoms with Gasteiger partial charge in [0.05, 0.1) is 6.61 Å². The minimum atomic E-state index is -0.174. The Morgan fingerprint density at radius 3 is 2.52 bits per heavy atom. The predicted octanol–water partition coefficient (Wildman–Crippen LogP) is 7.38. The second-order valence-electron chi connectivity index (χ2n) is 9.03. The van der Waals surface area contributed by atoms with Crippen molar-refractivity contribution >= 4 is 0 Å². The lowest BCUT2D eigenvalue weighted by Crippen LogP contribution is -2.16. The molecule has 1 saturated carbocycles. The number of hydrogen-bond acceptors (Lipinski definition) is 1. The van der Waals surface area contributed by atoms with Crippen molar-refractivity contribution in [2.75, 3.05) is 6.61 Å². The number of ether oxygens (including phenoxy) is 1. The van der Waals surface area contributed by atoms with Crippen molar-refractivity contribution < 1.29 is 9.13 Å². The molecule has 0 bridgehead atoms. The number of hydrogen-bond donors (Lipinski definition) is 0. The molecule has 0 heterocycles. The van der Waals surface area contributed by atoms with Crippen LogP contribution >= 0.6 is 0 Å². The van der Waals surface area contributed by atoms with Crippen molar-refractivity contribution in [2.45, 2.75) is 66.2 Å². The normalized spacial score (nSPS) is 18.9. The molecule has 0 spiro atoms. The highest BCUT2D eigenvalue weighted by molar-refractivity contribution is 5.71. The van der Waals surface area contributed by atoms with Crippen LogP contribution in [0.15, 0.2) is 36.4 Å². The lowest BCUT2D eigenvalue weighted by atomic mass is 9.75. The monoisotopic (exact) mass is 368 g/mol. The quantitative estimate of drug-likeness (QED) is 0.516. The third-order valence-electron chi connectivity index (χ3n) is 5.93. The Morgan fingerprint density at radius 1 is 1.11 bits per heavy atom. The summed E-state index contributed by atoms with van der Waals surface area (Å²) >= 11 is 0. The van der Waals surface area contributed by atoms with Crippen LogP contribution in [0, 0.1) is 17.2 Å². The van der Waals surface area contributed by atoms with E-state index in [-0.39, 0.29) is 11.2 Å². The maximum atomic E-state index is 14.8. The van der Waals surface area contributed by atoms with E-state index < -0.39 is 0 Å². The summed E-state index contributed by atoms with van der Waals surface area (Å²) in [7, 11) is 0. The summed E-state index contributed by atoms with van der Waals surface area (Å²) < 4.78 is 20.4. The van der Waals surface area contributed by atoms with E-state index in [1.165, 1.54) is 36.5 Å². The minimum absolute atomic E-state index is 0.174. The van der Waals surface area contributed by atoms with Crippen LogP contribution in [0.2, 0.25) is 0 Å². The van der Waals surface area contributed by atoms with Crippen molar-refractivity contribution in [1.82, 2.24) is 0 Å². The number of benzene rings is 2. The van der Waals surface area contributed by atoms with Gasteiger partial charge in [0.25, 0.3) is 0 Å². The first-order chi connectivity index (χ1) is 12.8. The second-order valence-corrected chi connectivity index (χ2v) is 9.03. The first kappa shape index (κ1) is 19.9. The van der Waals surface area contributed by atoms with E-state index in [4.69, 9.17) is 4.74 Å². The topological polar surface area (TPSA) is 9.23 Å². The van der Waals surface area contributed by atoms with Gasteiger partial charge in [0.1, 0.15) is 11.6 Å². The largest absolute Gasteiger partial charge is 0.494 e. The highest BCUT2D eigenvalue weighted by Gasteiger charge is 2.37. The van der Waals surface area contributed by atoms with Crippen molar-refractivity contribution in [3.05, 3.63) is 53.3 Å². The van der Waals surface area contributed by atoms with Gasteiger partial charge in [-0.2, -0.15) is 0 Å². The molecule has 3 rings (SSSR count). The molecule has 1 atom stereocenters. The molecule has 0 saturated heterocycles. The highest BCUT2D eigenvalue weighted by Crippen LogP contribution is 2.51. The Balaban J connectivity index is 2.13. The third kappa shape index (κ3) is 4.36. The summed E-state index contributed by atoms with van der Waals surface area (Å²) in [4.78, 5) is 0. The summed E-state index contributed by atoms with van der Waals surface area (Å²) in [5.41, 5.74) is 4.60. The van der Waals surface area contributed by atoms with Crippen LogP contribution < -0.4 is 4.74 Å². The first-order valence-corrected chi connectivity index (χ1v) is 10.4. The summed E-state index contributed by atoms with van der Waals surface area (Å²) in [5.74, 6) is 1.64. The summed E-state index contributed by atoms with van der Waals surface area (Å²) in [5, 5.41) is 0. The average Bonchev–Trinajstić information content (AvgIpc) is 2.95. The molecule has 1 nitrogen and oxygen atoms in total. The smallest absolute Gasteiger partial charge is 0.131 e. The van der Waals surface area contributed by atoms with Gasteiger partial charge in [0, 0.05) is 5.56 Å². The SMILES string of the molecule is CCOc1ccc(F)c(-c2ccc(CC(C)C)cc2[C@H]2CCCC2(C)C)c1. The molecule has 1 aliphatic carbocycles. The second kappa shape index (κ2) is 8.04. The highest BCUT2D eigenvalue weighted by atomic mass is 19.1. The zero-order valence-corrected chi connectivity index (χ0v) is 17.4. The molecular weight excluding hydrogens is 335 g/mol. The third-order valence-corrected chi connectivity index (χ3v) is 5.93. The Morgan fingerprint density at radius 2 is 1.89 bits per heavy atom. The Hall–Kier alpha value is -1.83. The van der Waals surface area contributed by atoms with Gasteiger partial charge in [-0.3, -0.25) is 0 Å². The Kier molecular flexibility index (Phi) is 5.93. The van der Waals surface area contributed by atoms with E-state index in [0.29, 0.717) is 24.0 Å². The van der Waals surface area contributed by atoms with Gasteiger partial charge in [-0.25, -0.2) is 4.39 Å². The minimum Gasteiger partial charge on any atom is -0.494 e. The van der Waals surface area contributed by atoms with Crippen molar-refractivity contribution in [3.63, 3.8) is 0 Å². The lowest BCUT2D eigenvalue weighted by Gasteiger charge is -2.30. The predicted molar refractivity (Wildman–Crippen MR) is 112 cm³/mol. The molecule has 1 aliphatic rings. The molecule has 0 amide bonds. The summed E-state index contributed by atoms with van der Waals surface area (Å²) in [6.45, 7) is 11.8. The summed E-state index contributed by atoms with van der Waals surface area (Å²) in [6.07, 6.45) is 4.71.